The molecule has 1 heterocycles. The fourth-order valence-electron chi connectivity index (χ4n) is 2.43. The predicted molar refractivity (Wildman–Crippen MR) is 96.9 cm³/mol. The zero-order valence-corrected chi connectivity index (χ0v) is 15.3. The molecule has 0 saturated carbocycles. The second-order valence-electron chi connectivity index (χ2n) is 5.37. The van der Waals surface area contributed by atoms with E-state index in [0.29, 0.717) is 22.5 Å². The highest BCUT2D eigenvalue weighted by Gasteiger charge is 2.24. The summed E-state index contributed by atoms with van der Waals surface area (Å²) in [7, 11) is -4.10. The van der Waals surface area contributed by atoms with Gasteiger partial charge in [-0.1, -0.05) is 17.7 Å². The molecule has 0 aliphatic rings. The highest BCUT2D eigenvalue weighted by molar-refractivity contribution is 7.87. The van der Waals surface area contributed by atoms with E-state index in [1.54, 1.807) is 50.4 Å². The minimum absolute atomic E-state index is 0.0200. The van der Waals surface area contributed by atoms with Crippen molar-refractivity contribution in [3.05, 3.63) is 59.2 Å². The average Bonchev–Trinajstić information content (AvgIpc) is 2.59. The SMILES string of the molecule is CCOc1ccc(C)cc1S(=O)(=O)Oc1ccc(Cl)c2cccnc12. The van der Waals surface area contributed by atoms with Crippen LogP contribution in [0.5, 0.6) is 11.5 Å². The quantitative estimate of drug-likeness (QED) is 0.618. The fourth-order valence-corrected chi connectivity index (χ4v) is 3.81. The molecule has 0 bridgehead atoms. The molecule has 0 amide bonds. The Kier molecular flexibility index (Phi) is 4.83. The van der Waals surface area contributed by atoms with E-state index in [1.165, 1.54) is 12.1 Å². The number of hydrogen-bond donors (Lipinski definition) is 0. The van der Waals surface area contributed by atoms with E-state index in [9.17, 15) is 8.42 Å². The van der Waals surface area contributed by atoms with Crippen LogP contribution in [0.15, 0.2) is 53.6 Å². The number of rotatable bonds is 5. The van der Waals surface area contributed by atoms with Crippen LogP contribution in [0.25, 0.3) is 10.9 Å². The summed E-state index contributed by atoms with van der Waals surface area (Å²) < 4.78 is 36.4. The summed E-state index contributed by atoms with van der Waals surface area (Å²) in [5, 5.41) is 1.09. The third kappa shape index (κ3) is 3.55. The Labute approximate surface area is 151 Å². The van der Waals surface area contributed by atoms with Crippen molar-refractivity contribution in [1.29, 1.82) is 0 Å². The number of aryl methyl sites for hydroxylation is 1. The van der Waals surface area contributed by atoms with E-state index in [0.717, 1.165) is 5.56 Å². The van der Waals surface area contributed by atoms with Crippen LogP contribution in [0.4, 0.5) is 0 Å². The van der Waals surface area contributed by atoms with Gasteiger partial charge in [0.15, 0.2) is 5.75 Å². The molecule has 7 heteroatoms. The van der Waals surface area contributed by atoms with Gasteiger partial charge in [-0.15, -0.1) is 0 Å². The Morgan fingerprint density at radius 2 is 1.88 bits per heavy atom. The molecule has 3 aromatic rings. The van der Waals surface area contributed by atoms with Crippen LogP contribution in [0, 0.1) is 6.92 Å². The first-order valence-corrected chi connectivity index (χ1v) is 9.42. The molecular formula is C18H16ClNO4S. The van der Waals surface area contributed by atoms with Crippen LogP contribution >= 0.6 is 11.6 Å². The van der Waals surface area contributed by atoms with Crippen molar-refractivity contribution in [2.75, 3.05) is 6.61 Å². The lowest BCUT2D eigenvalue weighted by Crippen LogP contribution is -2.12. The van der Waals surface area contributed by atoms with Crippen LogP contribution in [-0.2, 0) is 10.1 Å². The molecule has 0 N–H and O–H groups in total. The van der Waals surface area contributed by atoms with Crippen molar-refractivity contribution >= 4 is 32.6 Å². The second-order valence-corrected chi connectivity index (χ2v) is 7.29. The molecule has 130 valence electrons. The van der Waals surface area contributed by atoms with Gasteiger partial charge in [0.25, 0.3) is 0 Å². The number of fused-ring (bicyclic) bond motifs is 1. The maximum atomic E-state index is 12.8. The van der Waals surface area contributed by atoms with Crippen molar-refractivity contribution in [2.24, 2.45) is 0 Å². The summed E-state index contributed by atoms with van der Waals surface area (Å²) >= 11 is 6.14. The molecule has 3 rings (SSSR count). The van der Waals surface area contributed by atoms with Crippen molar-refractivity contribution in [2.45, 2.75) is 18.7 Å². The summed E-state index contributed by atoms with van der Waals surface area (Å²) in [5.41, 5.74) is 1.16. The molecule has 5 nitrogen and oxygen atoms in total. The molecule has 0 aliphatic heterocycles. The van der Waals surface area contributed by atoms with Gasteiger partial charge in [-0.05, 0) is 55.8 Å². The van der Waals surface area contributed by atoms with Gasteiger partial charge in [0.1, 0.15) is 16.2 Å². The topological polar surface area (TPSA) is 65.5 Å². The summed E-state index contributed by atoms with van der Waals surface area (Å²) in [6, 6.07) is 11.5. The van der Waals surface area contributed by atoms with Crippen LogP contribution < -0.4 is 8.92 Å². The van der Waals surface area contributed by atoms with Crippen LogP contribution in [0.1, 0.15) is 12.5 Å². The number of ether oxygens (including phenoxy) is 1. The smallest absolute Gasteiger partial charge is 0.343 e. The third-order valence-corrected chi connectivity index (χ3v) is 5.13. The van der Waals surface area contributed by atoms with Gasteiger partial charge in [0.2, 0.25) is 0 Å². The lowest BCUT2D eigenvalue weighted by molar-refractivity contribution is 0.329. The van der Waals surface area contributed by atoms with E-state index in [1.807, 2.05) is 0 Å². The van der Waals surface area contributed by atoms with Crippen LogP contribution in [0.3, 0.4) is 0 Å². The predicted octanol–water partition coefficient (Wildman–Crippen LogP) is 4.36. The van der Waals surface area contributed by atoms with E-state index < -0.39 is 10.1 Å². The number of pyridine rings is 1. The standard InChI is InChI=1S/C18H16ClNO4S/c1-3-23-15-8-6-12(2)11-17(15)25(21,22)24-16-9-7-14(19)13-5-4-10-20-18(13)16/h4-11H,3H2,1-2H3. The zero-order valence-electron chi connectivity index (χ0n) is 13.7. The molecule has 0 saturated heterocycles. The molecule has 1 aromatic heterocycles. The van der Waals surface area contributed by atoms with E-state index in [2.05, 4.69) is 4.98 Å². The van der Waals surface area contributed by atoms with E-state index >= 15 is 0 Å². The van der Waals surface area contributed by atoms with Gasteiger partial charge >= 0.3 is 10.1 Å². The van der Waals surface area contributed by atoms with Gasteiger partial charge < -0.3 is 8.92 Å². The number of aromatic nitrogens is 1. The monoisotopic (exact) mass is 377 g/mol. The van der Waals surface area contributed by atoms with Crippen LogP contribution in [-0.4, -0.2) is 20.0 Å². The first kappa shape index (κ1) is 17.5. The van der Waals surface area contributed by atoms with Gasteiger partial charge in [-0.3, -0.25) is 4.98 Å². The molecule has 0 radical (unpaired) electrons. The lowest BCUT2D eigenvalue weighted by Gasteiger charge is -2.13. The Hall–Kier alpha value is -2.31. The van der Waals surface area contributed by atoms with E-state index in [-0.39, 0.29) is 16.4 Å². The molecular weight excluding hydrogens is 362 g/mol. The molecule has 2 aromatic carbocycles. The molecule has 0 unspecified atom stereocenters. The minimum atomic E-state index is -4.10. The van der Waals surface area contributed by atoms with Crippen molar-refractivity contribution in [3.8, 4) is 11.5 Å². The maximum Gasteiger partial charge on any atom is 0.343 e. The number of nitrogens with zero attached hydrogens (tertiary/aromatic N) is 1. The van der Waals surface area contributed by atoms with Gasteiger partial charge in [0.05, 0.1) is 11.6 Å². The first-order chi connectivity index (χ1) is 11.9. The maximum absolute atomic E-state index is 12.8. The zero-order chi connectivity index (χ0) is 18.0. The molecule has 25 heavy (non-hydrogen) atoms. The Morgan fingerprint density at radius 3 is 2.64 bits per heavy atom. The Balaban J connectivity index is 2.09. The summed E-state index contributed by atoms with van der Waals surface area (Å²) in [5.74, 6) is 0.364. The minimum Gasteiger partial charge on any atom is -0.492 e. The number of benzene rings is 2. The van der Waals surface area contributed by atoms with E-state index in [4.69, 9.17) is 20.5 Å². The van der Waals surface area contributed by atoms with Gasteiger partial charge in [-0.25, -0.2) is 0 Å². The van der Waals surface area contributed by atoms with Crippen LogP contribution in [0.2, 0.25) is 5.02 Å². The first-order valence-electron chi connectivity index (χ1n) is 7.63. The Bertz CT molecular complexity index is 1030. The second kappa shape index (κ2) is 6.90. The summed E-state index contributed by atoms with van der Waals surface area (Å²) in [4.78, 5) is 4.17. The molecule has 0 fully saturated rings. The van der Waals surface area contributed by atoms with Crippen molar-refractivity contribution in [3.63, 3.8) is 0 Å². The number of halogens is 1. The van der Waals surface area contributed by atoms with Gasteiger partial charge in [0, 0.05) is 11.6 Å². The third-order valence-electron chi connectivity index (χ3n) is 3.55. The summed E-state index contributed by atoms with van der Waals surface area (Å²) in [6.45, 7) is 3.93. The van der Waals surface area contributed by atoms with Gasteiger partial charge in [-0.2, -0.15) is 8.42 Å². The summed E-state index contributed by atoms with van der Waals surface area (Å²) in [6.07, 6.45) is 1.55. The normalized spacial score (nSPS) is 11.5. The lowest BCUT2D eigenvalue weighted by atomic mass is 10.2. The number of hydrogen-bond acceptors (Lipinski definition) is 5. The Morgan fingerprint density at radius 1 is 1.12 bits per heavy atom. The average molecular weight is 378 g/mol. The highest BCUT2D eigenvalue weighted by atomic mass is 35.5. The fraction of sp³-hybridized carbons (Fsp3) is 0.167. The van der Waals surface area contributed by atoms with Crippen molar-refractivity contribution < 1.29 is 17.3 Å². The van der Waals surface area contributed by atoms with Crippen molar-refractivity contribution in [1.82, 2.24) is 4.98 Å². The highest BCUT2D eigenvalue weighted by Crippen LogP contribution is 2.33. The largest absolute Gasteiger partial charge is 0.492 e. The molecule has 0 spiro atoms. The molecule has 0 aliphatic carbocycles. The molecule has 0 atom stereocenters.